The van der Waals surface area contributed by atoms with Crippen molar-refractivity contribution < 1.29 is 23.9 Å². The molecule has 0 aromatic heterocycles. The third-order valence-corrected chi connectivity index (χ3v) is 2.82. The molecule has 0 saturated carbocycles. The fourth-order valence-corrected chi connectivity index (χ4v) is 1.75. The topological polar surface area (TPSA) is 111 Å². The summed E-state index contributed by atoms with van der Waals surface area (Å²) in [5.41, 5.74) is 5.68. The normalized spacial score (nSPS) is 11.9. The van der Waals surface area contributed by atoms with Crippen LogP contribution in [0.25, 0.3) is 0 Å². The van der Waals surface area contributed by atoms with Crippen molar-refractivity contribution in [2.24, 2.45) is 5.73 Å². The zero-order valence-corrected chi connectivity index (χ0v) is 11.2. The van der Waals surface area contributed by atoms with Gasteiger partial charge in [-0.2, -0.15) is 0 Å². The highest BCUT2D eigenvalue weighted by Crippen LogP contribution is 2.34. The summed E-state index contributed by atoms with van der Waals surface area (Å²) in [6.45, 7) is 0.540. The molecular formula is C13H15N3O5. The summed E-state index contributed by atoms with van der Waals surface area (Å²) in [5.74, 6) is -0.790. The average molecular weight is 293 g/mol. The number of carbonyl (C=O) groups is 3. The van der Waals surface area contributed by atoms with Crippen LogP contribution < -0.4 is 20.5 Å². The first-order chi connectivity index (χ1) is 10.2. The zero-order valence-electron chi connectivity index (χ0n) is 11.2. The Balaban J connectivity index is 2.00. The number of hydrogen-bond acceptors (Lipinski definition) is 6. The van der Waals surface area contributed by atoms with Crippen LogP contribution in [0.5, 0.6) is 11.5 Å². The molecule has 1 aromatic rings. The predicted molar refractivity (Wildman–Crippen MR) is 72.6 cm³/mol. The monoisotopic (exact) mass is 293 g/mol. The molecule has 1 aromatic carbocycles. The maximum Gasteiger partial charge on any atom is 0.318 e. The lowest BCUT2D eigenvalue weighted by molar-refractivity contribution is -0.146. The van der Waals surface area contributed by atoms with Crippen molar-refractivity contribution in [2.75, 3.05) is 25.2 Å². The fourth-order valence-electron chi connectivity index (χ4n) is 1.75. The molecule has 3 amide bonds. The minimum absolute atomic E-state index is 0.105. The number of imide groups is 1. The first-order valence-electron chi connectivity index (χ1n) is 6.32. The Bertz CT molecular complexity index is 561. The van der Waals surface area contributed by atoms with E-state index in [0.717, 1.165) is 4.90 Å². The standard InChI is InChI=1S/C13H15N3O5/c14-4-1-5-16(7-17)13(19)12(18)15-9-2-3-10-11(6-9)21-8-20-10/h2-3,6-7H,1,4-5,8,14H2,(H,15,18). The number of nitrogens with two attached hydrogens (primary N) is 1. The summed E-state index contributed by atoms with van der Waals surface area (Å²) < 4.78 is 10.3. The molecule has 2 rings (SSSR count). The third kappa shape index (κ3) is 3.48. The molecular weight excluding hydrogens is 278 g/mol. The van der Waals surface area contributed by atoms with Gasteiger partial charge in [0.2, 0.25) is 13.2 Å². The summed E-state index contributed by atoms with van der Waals surface area (Å²) in [6, 6.07) is 4.73. The number of fused-ring (bicyclic) bond motifs is 1. The minimum atomic E-state index is -0.934. The van der Waals surface area contributed by atoms with Gasteiger partial charge in [-0.1, -0.05) is 0 Å². The van der Waals surface area contributed by atoms with E-state index < -0.39 is 11.8 Å². The lowest BCUT2D eigenvalue weighted by Crippen LogP contribution is -2.39. The van der Waals surface area contributed by atoms with Gasteiger partial charge in [0.1, 0.15) is 0 Å². The largest absolute Gasteiger partial charge is 0.454 e. The van der Waals surface area contributed by atoms with Gasteiger partial charge in [0.25, 0.3) is 0 Å². The van der Waals surface area contributed by atoms with E-state index >= 15 is 0 Å². The summed E-state index contributed by atoms with van der Waals surface area (Å²) in [5, 5.41) is 2.41. The van der Waals surface area contributed by atoms with Crippen LogP contribution >= 0.6 is 0 Å². The van der Waals surface area contributed by atoms with Gasteiger partial charge >= 0.3 is 11.8 Å². The van der Waals surface area contributed by atoms with Crippen molar-refractivity contribution in [3.63, 3.8) is 0 Å². The van der Waals surface area contributed by atoms with E-state index in [0.29, 0.717) is 36.6 Å². The third-order valence-electron chi connectivity index (χ3n) is 2.82. The summed E-state index contributed by atoms with van der Waals surface area (Å²) in [6.07, 6.45) is 0.749. The number of benzene rings is 1. The molecule has 0 aliphatic carbocycles. The second-order valence-electron chi connectivity index (χ2n) is 4.27. The molecule has 21 heavy (non-hydrogen) atoms. The Kier molecular flexibility index (Phi) is 4.72. The molecule has 8 nitrogen and oxygen atoms in total. The van der Waals surface area contributed by atoms with Crippen molar-refractivity contribution in [1.82, 2.24) is 4.90 Å². The van der Waals surface area contributed by atoms with Gasteiger partial charge in [-0.15, -0.1) is 0 Å². The molecule has 0 bridgehead atoms. The number of amides is 3. The van der Waals surface area contributed by atoms with Gasteiger partial charge in [-0.3, -0.25) is 19.3 Å². The van der Waals surface area contributed by atoms with Crippen molar-refractivity contribution in [3.05, 3.63) is 18.2 Å². The van der Waals surface area contributed by atoms with Crippen LogP contribution in [0.1, 0.15) is 6.42 Å². The van der Waals surface area contributed by atoms with E-state index in [1.54, 1.807) is 18.2 Å². The highest BCUT2D eigenvalue weighted by atomic mass is 16.7. The van der Waals surface area contributed by atoms with Crippen LogP contribution in [-0.4, -0.2) is 43.0 Å². The smallest absolute Gasteiger partial charge is 0.318 e. The van der Waals surface area contributed by atoms with Crippen molar-refractivity contribution in [1.29, 1.82) is 0 Å². The van der Waals surface area contributed by atoms with Crippen LogP contribution in [0.4, 0.5) is 5.69 Å². The molecule has 1 aliphatic heterocycles. The van der Waals surface area contributed by atoms with Gasteiger partial charge in [0, 0.05) is 18.3 Å². The van der Waals surface area contributed by atoms with Crippen molar-refractivity contribution >= 4 is 23.9 Å². The summed E-state index contributed by atoms with van der Waals surface area (Å²) in [7, 11) is 0. The van der Waals surface area contributed by atoms with E-state index in [2.05, 4.69) is 5.32 Å². The van der Waals surface area contributed by atoms with Crippen LogP contribution in [-0.2, 0) is 14.4 Å². The molecule has 1 heterocycles. The van der Waals surface area contributed by atoms with Crippen LogP contribution in [0.2, 0.25) is 0 Å². The first kappa shape index (κ1) is 14.8. The second-order valence-corrected chi connectivity index (χ2v) is 4.27. The Morgan fingerprint density at radius 3 is 2.81 bits per heavy atom. The minimum Gasteiger partial charge on any atom is -0.454 e. The SMILES string of the molecule is NCCCN(C=O)C(=O)C(=O)Nc1ccc2c(c1)OCO2. The molecule has 0 spiro atoms. The molecule has 0 unspecified atom stereocenters. The van der Waals surface area contributed by atoms with Gasteiger partial charge < -0.3 is 20.5 Å². The van der Waals surface area contributed by atoms with E-state index in [4.69, 9.17) is 15.2 Å². The van der Waals surface area contributed by atoms with Gasteiger partial charge in [0.05, 0.1) is 0 Å². The number of nitrogens with zero attached hydrogens (tertiary/aromatic N) is 1. The molecule has 0 saturated heterocycles. The summed E-state index contributed by atoms with van der Waals surface area (Å²) >= 11 is 0. The second kappa shape index (κ2) is 6.71. The number of rotatable bonds is 5. The number of anilines is 1. The highest BCUT2D eigenvalue weighted by molar-refractivity contribution is 6.41. The fraction of sp³-hybridized carbons (Fsp3) is 0.308. The Morgan fingerprint density at radius 2 is 2.10 bits per heavy atom. The first-order valence-corrected chi connectivity index (χ1v) is 6.32. The molecule has 1 aliphatic rings. The van der Waals surface area contributed by atoms with E-state index in [1.807, 2.05) is 0 Å². The molecule has 0 fully saturated rings. The van der Waals surface area contributed by atoms with Crippen molar-refractivity contribution in [2.45, 2.75) is 6.42 Å². The Hall–Kier alpha value is -2.61. The molecule has 0 atom stereocenters. The Labute approximate surface area is 120 Å². The van der Waals surface area contributed by atoms with Crippen molar-refractivity contribution in [3.8, 4) is 11.5 Å². The van der Waals surface area contributed by atoms with E-state index in [-0.39, 0.29) is 13.3 Å². The van der Waals surface area contributed by atoms with Gasteiger partial charge in [-0.05, 0) is 25.1 Å². The van der Waals surface area contributed by atoms with Crippen LogP contribution in [0.3, 0.4) is 0 Å². The molecule has 8 heteroatoms. The van der Waals surface area contributed by atoms with Crippen LogP contribution in [0.15, 0.2) is 18.2 Å². The maximum absolute atomic E-state index is 11.8. The number of hydrogen-bond donors (Lipinski definition) is 2. The number of nitrogens with one attached hydrogen (secondary N) is 1. The van der Waals surface area contributed by atoms with Crippen LogP contribution in [0, 0.1) is 0 Å². The maximum atomic E-state index is 11.8. The summed E-state index contributed by atoms with van der Waals surface area (Å²) in [4.78, 5) is 35.2. The average Bonchev–Trinajstić information content (AvgIpc) is 2.95. The van der Waals surface area contributed by atoms with Gasteiger partial charge in [0.15, 0.2) is 11.5 Å². The number of carbonyl (C=O) groups excluding carboxylic acids is 3. The quantitative estimate of drug-likeness (QED) is 0.569. The highest BCUT2D eigenvalue weighted by Gasteiger charge is 2.22. The van der Waals surface area contributed by atoms with Gasteiger partial charge in [-0.25, -0.2) is 0 Å². The van der Waals surface area contributed by atoms with E-state index in [9.17, 15) is 14.4 Å². The number of ether oxygens (including phenoxy) is 2. The molecule has 3 N–H and O–H groups in total. The van der Waals surface area contributed by atoms with E-state index in [1.165, 1.54) is 0 Å². The lowest BCUT2D eigenvalue weighted by Gasteiger charge is -2.14. The predicted octanol–water partition coefficient (Wildman–Crippen LogP) is -0.312. The Morgan fingerprint density at radius 1 is 1.33 bits per heavy atom. The molecule has 112 valence electrons. The lowest BCUT2D eigenvalue weighted by atomic mass is 10.2. The zero-order chi connectivity index (χ0) is 15.2. The molecule has 0 radical (unpaired) electrons.